The van der Waals surface area contributed by atoms with E-state index in [1.165, 1.54) is 27.8 Å². The highest BCUT2D eigenvalue weighted by molar-refractivity contribution is 5.78. The van der Waals surface area contributed by atoms with E-state index < -0.39 is 0 Å². The van der Waals surface area contributed by atoms with Crippen molar-refractivity contribution in [3.05, 3.63) is 199 Å². The minimum atomic E-state index is -0.259. The largest absolute Gasteiger partial charge is 0.0613 e. The standard InChI is InChI=1S/C80H106/c1-46-47(2)77(62-38-28-57(29-39-62)72(14,15)16)50(5)51(6)79(64-42-32-59(33-43-64)74(20,21)22)54(9)55(10)80(65-44-34-60(35-45-65)75(23,24)25)53(8)52(7)78(63-40-30-58(31-41-63)73(17,18)19)49(4)48(3)76(46,66-67(77)69(79)70(80)68(66)78)61-36-26-56(27-37-61)71(11,12)13/h26-55,66H,1-25H3/t46-,47+,48+,49-,50-,51+,52+,53-,54-,55+,66?,76?,77?,78?,79?,80?. The molecule has 16 atom stereocenters. The lowest BCUT2D eigenvalue weighted by Gasteiger charge is -2.72. The van der Waals surface area contributed by atoms with Gasteiger partial charge in [0.1, 0.15) is 0 Å². The third-order valence-electron chi connectivity index (χ3n) is 25.7. The second-order valence-corrected chi connectivity index (χ2v) is 33.4. The fraction of sp³-hybridized carbons (Fsp3) is 0.575. The van der Waals surface area contributed by atoms with Crippen LogP contribution in [-0.2, 0) is 54.1 Å². The molecule has 0 bridgehead atoms. The Bertz CT molecular complexity index is 3070. The lowest BCUT2D eigenvalue weighted by Crippen LogP contribution is -2.70. The van der Waals surface area contributed by atoms with E-state index in [0.717, 1.165) is 0 Å². The first-order valence-electron chi connectivity index (χ1n) is 32.0. The van der Waals surface area contributed by atoms with Crippen LogP contribution < -0.4 is 0 Å². The van der Waals surface area contributed by atoms with Crippen LogP contribution in [0, 0.1) is 65.1 Å². The zero-order valence-electron chi connectivity index (χ0n) is 54.9. The van der Waals surface area contributed by atoms with Gasteiger partial charge in [0, 0.05) is 33.0 Å². The van der Waals surface area contributed by atoms with Gasteiger partial charge in [-0.2, -0.15) is 0 Å². The summed E-state index contributed by atoms with van der Waals surface area (Å²) in [6.07, 6.45) is 0. The van der Waals surface area contributed by atoms with Gasteiger partial charge in [-0.1, -0.05) is 294 Å². The topological polar surface area (TPSA) is 0 Å². The van der Waals surface area contributed by atoms with E-state index in [1.807, 2.05) is 11.1 Å². The van der Waals surface area contributed by atoms with Crippen molar-refractivity contribution >= 4 is 0 Å². The van der Waals surface area contributed by atoms with Gasteiger partial charge in [0.05, 0.1) is 0 Å². The molecule has 3 fully saturated rings. The van der Waals surface area contributed by atoms with E-state index in [2.05, 4.69) is 294 Å². The fourth-order valence-electron chi connectivity index (χ4n) is 21.0. The highest BCUT2D eigenvalue weighted by Crippen LogP contribution is 2.86. The van der Waals surface area contributed by atoms with Crippen molar-refractivity contribution in [1.82, 2.24) is 0 Å². The molecule has 6 aliphatic rings. The molecule has 0 nitrogen and oxygen atoms in total. The Balaban J connectivity index is 1.42. The molecule has 80 heavy (non-hydrogen) atoms. The van der Waals surface area contributed by atoms with E-state index in [9.17, 15) is 0 Å². The molecule has 5 aromatic carbocycles. The summed E-state index contributed by atoms with van der Waals surface area (Å²) in [7, 11) is 0. The predicted molar refractivity (Wildman–Crippen MR) is 343 cm³/mol. The zero-order chi connectivity index (χ0) is 58.6. The van der Waals surface area contributed by atoms with Gasteiger partial charge in [0.15, 0.2) is 0 Å². The van der Waals surface area contributed by atoms with Gasteiger partial charge in [0.2, 0.25) is 0 Å². The molecule has 426 valence electrons. The third kappa shape index (κ3) is 6.98. The summed E-state index contributed by atoms with van der Waals surface area (Å²) < 4.78 is 0. The van der Waals surface area contributed by atoms with Crippen LogP contribution in [0.1, 0.15) is 229 Å². The minimum absolute atomic E-state index is 0.0467. The Labute approximate surface area is 488 Å². The lowest BCUT2D eigenvalue weighted by molar-refractivity contribution is -0.0728. The van der Waals surface area contributed by atoms with Gasteiger partial charge in [-0.05, 0) is 164 Å². The maximum atomic E-state index is 2.78. The smallest absolute Gasteiger partial charge is 0.0263 e. The van der Waals surface area contributed by atoms with E-state index in [4.69, 9.17) is 0 Å². The van der Waals surface area contributed by atoms with Crippen LogP contribution >= 0.6 is 0 Å². The van der Waals surface area contributed by atoms with Crippen LogP contribution in [0.5, 0.6) is 0 Å². The lowest BCUT2D eigenvalue weighted by atomic mass is 9.30. The Hall–Kier alpha value is -4.42. The number of hydrogen-bond acceptors (Lipinski definition) is 0. The first kappa shape index (κ1) is 57.4. The summed E-state index contributed by atoms with van der Waals surface area (Å²) in [6, 6.07) is 52.2. The summed E-state index contributed by atoms with van der Waals surface area (Å²) in [4.78, 5) is 0. The van der Waals surface area contributed by atoms with Crippen LogP contribution in [0.25, 0.3) is 0 Å². The molecule has 6 aliphatic carbocycles. The molecule has 0 N–H and O–H groups in total. The van der Waals surface area contributed by atoms with Crippen molar-refractivity contribution in [1.29, 1.82) is 0 Å². The van der Waals surface area contributed by atoms with Crippen LogP contribution in [0.4, 0.5) is 0 Å². The Kier molecular flexibility index (Phi) is 12.8. The maximum Gasteiger partial charge on any atom is 0.0263 e. The predicted octanol–water partition coefficient (Wildman–Crippen LogP) is 20.8. The first-order chi connectivity index (χ1) is 37.0. The normalized spacial score (nSPS) is 36.8. The Morgan fingerprint density at radius 1 is 0.225 bits per heavy atom. The third-order valence-corrected chi connectivity index (χ3v) is 25.7. The van der Waals surface area contributed by atoms with Gasteiger partial charge in [-0.15, -0.1) is 0 Å². The summed E-state index contributed by atoms with van der Waals surface area (Å²) >= 11 is 0. The molecule has 0 aliphatic heterocycles. The van der Waals surface area contributed by atoms with Crippen LogP contribution in [0.3, 0.4) is 0 Å². The summed E-state index contributed by atoms with van der Waals surface area (Å²) in [5.74, 6) is 3.54. The average molecular weight is 1070 g/mol. The molecular formula is C80H106. The van der Waals surface area contributed by atoms with Gasteiger partial charge < -0.3 is 0 Å². The average Bonchev–Trinajstić information content (AvgIpc) is 1.94. The molecule has 0 saturated heterocycles. The number of benzene rings is 5. The van der Waals surface area contributed by atoms with Crippen molar-refractivity contribution < 1.29 is 0 Å². The van der Waals surface area contributed by atoms with Crippen LogP contribution in [0.2, 0.25) is 0 Å². The summed E-state index contributed by atoms with van der Waals surface area (Å²) in [5, 5.41) is 0. The molecule has 0 heterocycles. The van der Waals surface area contributed by atoms with Gasteiger partial charge in [0.25, 0.3) is 0 Å². The SMILES string of the molecule is C[C@@H]1[C@H](C)C2(c3ccc(C(C)(C)C)cc3)C3=C4C5=C6C3C(c3ccc(C(C)(C)C)cc3)([C@H](C)[C@H](C)C6(c3ccc(C(C)(C)C)cc3)[C@H](C)[C@H](C)C5(c3ccc(C(C)(C)C)cc3)[C@H](C)[C@H](C)C41c1ccc(C(C)(C)C)cc1)[C@@H](C)[C@H]2C. The monoisotopic (exact) mass is 1070 g/mol. The Morgan fingerprint density at radius 2 is 0.400 bits per heavy atom. The van der Waals surface area contributed by atoms with E-state index >= 15 is 0 Å². The molecule has 0 heteroatoms. The molecule has 0 spiro atoms. The molecule has 0 radical (unpaired) electrons. The van der Waals surface area contributed by atoms with Crippen molar-refractivity contribution in [2.24, 2.45) is 65.1 Å². The quantitative estimate of drug-likeness (QED) is 0.165. The van der Waals surface area contributed by atoms with Crippen LogP contribution in [0.15, 0.2) is 144 Å². The Morgan fingerprint density at radius 3 is 0.613 bits per heavy atom. The van der Waals surface area contributed by atoms with Crippen molar-refractivity contribution in [2.75, 3.05) is 0 Å². The van der Waals surface area contributed by atoms with E-state index in [0.29, 0.717) is 59.2 Å². The van der Waals surface area contributed by atoms with Gasteiger partial charge >= 0.3 is 0 Å². The number of allylic oxidation sites excluding steroid dienone is 4. The van der Waals surface area contributed by atoms with E-state index in [-0.39, 0.29) is 60.1 Å². The first-order valence-corrected chi connectivity index (χ1v) is 32.0. The molecule has 0 aromatic heterocycles. The maximum absolute atomic E-state index is 2.78. The van der Waals surface area contributed by atoms with Crippen molar-refractivity contribution in [2.45, 2.75) is 227 Å². The second kappa shape index (κ2) is 17.8. The molecule has 0 amide bonds. The van der Waals surface area contributed by atoms with Gasteiger partial charge in [-0.3, -0.25) is 0 Å². The molecule has 5 aromatic rings. The van der Waals surface area contributed by atoms with E-state index in [1.54, 1.807) is 39.0 Å². The van der Waals surface area contributed by atoms with Gasteiger partial charge in [-0.25, -0.2) is 0 Å². The molecule has 6 unspecified atom stereocenters. The van der Waals surface area contributed by atoms with Crippen LogP contribution in [-0.4, -0.2) is 0 Å². The zero-order valence-corrected chi connectivity index (χ0v) is 54.9. The molecule has 3 saturated carbocycles. The highest BCUT2D eigenvalue weighted by atomic mass is 14.8. The summed E-state index contributed by atoms with van der Waals surface area (Å²) in [5.41, 5.74) is 21.1. The second-order valence-electron chi connectivity index (χ2n) is 33.4. The number of hydrogen-bond donors (Lipinski definition) is 0. The fourth-order valence-corrected chi connectivity index (χ4v) is 21.0. The highest BCUT2D eigenvalue weighted by Gasteiger charge is 2.82. The molecule has 11 rings (SSSR count). The van der Waals surface area contributed by atoms with Crippen molar-refractivity contribution in [3.8, 4) is 0 Å². The minimum Gasteiger partial charge on any atom is -0.0613 e. The van der Waals surface area contributed by atoms with Crippen molar-refractivity contribution in [3.63, 3.8) is 0 Å². The summed E-state index contributed by atoms with van der Waals surface area (Å²) in [6.45, 7) is 63.6. The number of rotatable bonds is 5. The molecular weight excluding hydrogens is 961 g/mol.